The van der Waals surface area contributed by atoms with Crippen molar-refractivity contribution in [3.8, 4) is 0 Å². The van der Waals surface area contributed by atoms with Crippen LogP contribution in [0.4, 0.5) is 0 Å². The molecule has 0 spiro atoms. The predicted molar refractivity (Wildman–Crippen MR) is 52.6 cm³/mol. The summed E-state index contributed by atoms with van der Waals surface area (Å²) in [5.41, 5.74) is 0.403. The molecule has 0 radical (unpaired) electrons. The molecule has 1 N–H and O–H groups in total. The Balaban J connectivity index is 2.93. The van der Waals surface area contributed by atoms with Gasteiger partial charge < -0.3 is 5.11 Å². The van der Waals surface area contributed by atoms with Crippen molar-refractivity contribution in [3.05, 3.63) is 11.3 Å². The molecule has 0 saturated heterocycles. The topological polar surface area (TPSA) is 37.3 Å². The first-order chi connectivity index (χ1) is 5.97. The van der Waals surface area contributed by atoms with Gasteiger partial charge in [0, 0.05) is 11.0 Å². The Morgan fingerprint density at radius 1 is 1.23 bits per heavy atom. The third-order valence-electron chi connectivity index (χ3n) is 3.16. The monoisotopic (exact) mass is 182 g/mol. The van der Waals surface area contributed by atoms with Crippen LogP contribution in [0.5, 0.6) is 0 Å². The maximum atomic E-state index is 11.1. The summed E-state index contributed by atoms with van der Waals surface area (Å²) >= 11 is 0. The molecule has 0 aromatic carbocycles. The predicted octanol–water partition coefficient (Wildman–Crippen LogP) is 2.99. The van der Waals surface area contributed by atoms with E-state index < -0.39 is 0 Å². The molecule has 1 aliphatic carbocycles. The Bertz CT molecular complexity index is 245. The van der Waals surface area contributed by atoms with Crippen LogP contribution in [0.25, 0.3) is 0 Å². The second-order valence-electron chi connectivity index (χ2n) is 4.30. The Labute approximate surface area is 79.6 Å². The van der Waals surface area contributed by atoms with Gasteiger partial charge in [-0.15, -0.1) is 0 Å². The molecule has 0 atom stereocenters. The Morgan fingerprint density at radius 3 is 2.08 bits per heavy atom. The van der Waals surface area contributed by atoms with Crippen LogP contribution in [0, 0.1) is 5.41 Å². The SMILES string of the molecule is CC(=O)/C(C)=C(\O)C1(C)CCCC1. The largest absolute Gasteiger partial charge is 0.511 e. The van der Waals surface area contributed by atoms with Gasteiger partial charge >= 0.3 is 0 Å². The molecule has 1 rings (SSSR count). The lowest BCUT2D eigenvalue weighted by Crippen LogP contribution is -2.17. The van der Waals surface area contributed by atoms with Gasteiger partial charge in [-0.1, -0.05) is 19.8 Å². The molecule has 0 aliphatic heterocycles. The van der Waals surface area contributed by atoms with Crippen LogP contribution in [-0.4, -0.2) is 10.9 Å². The zero-order chi connectivity index (χ0) is 10.1. The number of aliphatic hydroxyl groups is 1. The van der Waals surface area contributed by atoms with Gasteiger partial charge in [-0.2, -0.15) is 0 Å². The van der Waals surface area contributed by atoms with Crippen LogP contribution in [0.3, 0.4) is 0 Å². The standard InChI is InChI=1S/C11H18O2/c1-8(9(2)12)10(13)11(3)6-4-5-7-11/h13H,4-7H2,1-3H3/b10-8-. The summed E-state index contributed by atoms with van der Waals surface area (Å²) in [5, 5.41) is 9.91. The minimum atomic E-state index is -0.129. The van der Waals surface area contributed by atoms with E-state index in [1.54, 1.807) is 6.92 Å². The van der Waals surface area contributed by atoms with Gasteiger partial charge in [0.05, 0.1) is 0 Å². The number of aliphatic hydroxyl groups excluding tert-OH is 1. The van der Waals surface area contributed by atoms with Gasteiger partial charge in [0.1, 0.15) is 5.76 Å². The van der Waals surface area contributed by atoms with Crippen molar-refractivity contribution in [2.45, 2.75) is 46.5 Å². The molecule has 2 heteroatoms. The molecule has 0 bridgehead atoms. The zero-order valence-corrected chi connectivity index (χ0v) is 8.68. The normalized spacial score (nSPS) is 22.7. The average molecular weight is 182 g/mol. The molecule has 2 nitrogen and oxygen atoms in total. The van der Waals surface area contributed by atoms with Crippen molar-refractivity contribution in [3.63, 3.8) is 0 Å². The highest BCUT2D eigenvalue weighted by Crippen LogP contribution is 2.43. The van der Waals surface area contributed by atoms with Crippen LogP contribution in [-0.2, 0) is 4.79 Å². The Kier molecular flexibility index (Phi) is 2.79. The minimum Gasteiger partial charge on any atom is -0.511 e. The molecule has 1 aliphatic rings. The molecule has 1 saturated carbocycles. The summed E-state index contributed by atoms with van der Waals surface area (Å²) in [7, 11) is 0. The van der Waals surface area contributed by atoms with Crippen molar-refractivity contribution in [2.24, 2.45) is 5.41 Å². The summed E-state index contributed by atoms with van der Waals surface area (Å²) in [4.78, 5) is 11.1. The van der Waals surface area contributed by atoms with Gasteiger partial charge in [0.25, 0.3) is 0 Å². The van der Waals surface area contributed by atoms with Crippen LogP contribution in [0.15, 0.2) is 11.3 Å². The second-order valence-corrected chi connectivity index (χ2v) is 4.30. The smallest absolute Gasteiger partial charge is 0.158 e. The molecule has 13 heavy (non-hydrogen) atoms. The fourth-order valence-electron chi connectivity index (χ4n) is 2.01. The summed E-state index contributed by atoms with van der Waals surface area (Å²) < 4.78 is 0. The van der Waals surface area contributed by atoms with E-state index in [2.05, 4.69) is 0 Å². The summed E-state index contributed by atoms with van der Waals surface area (Å²) in [5.74, 6) is 0.295. The van der Waals surface area contributed by atoms with E-state index in [9.17, 15) is 9.90 Å². The fourth-order valence-corrected chi connectivity index (χ4v) is 2.01. The van der Waals surface area contributed by atoms with E-state index in [1.165, 1.54) is 6.92 Å². The lowest BCUT2D eigenvalue weighted by molar-refractivity contribution is -0.113. The number of ketones is 1. The van der Waals surface area contributed by atoms with Crippen LogP contribution in [0.2, 0.25) is 0 Å². The van der Waals surface area contributed by atoms with E-state index in [-0.39, 0.29) is 11.2 Å². The average Bonchev–Trinajstić information content (AvgIpc) is 2.50. The van der Waals surface area contributed by atoms with Gasteiger partial charge in [-0.25, -0.2) is 0 Å². The van der Waals surface area contributed by atoms with Crippen LogP contribution >= 0.6 is 0 Å². The highest BCUT2D eigenvalue weighted by molar-refractivity contribution is 5.93. The first kappa shape index (κ1) is 10.3. The van der Waals surface area contributed by atoms with E-state index in [1.807, 2.05) is 6.92 Å². The molecule has 0 aromatic heterocycles. The lowest BCUT2D eigenvalue weighted by Gasteiger charge is -2.23. The number of rotatable bonds is 2. The van der Waals surface area contributed by atoms with Crippen molar-refractivity contribution >= 4 is 5.78 Å². The van der Waals surface area contributed by atoms with Gasteiger partial charge in [0.2, 0.25) is 0 Å². The summed E-state index contributed by atoms with van der Waals surface area (Å²) in [6.45, 7) is 5.26. The van der Waals surface area contributed by atoms with Gasteiger partial charge in [-0.3, -0.25) is 4.79 Å². The first-order valence-corrected chi connectivity index (χ1v) is 4.88. The highest BCUT2D eigenvalue weighted by atomic mass is 16.3. The molecule has 0 aromatic rings. The molecule has 0 amide bonds. The number of hydrogen-bond acceptors (Lipinski definition) is 2. The van der Waals surface area contributed by atoms with Crippen molar-refractivity contribution in [1.29, 1.82) is 0 Å². The fraction of sp³-hybridized carbons (Fsp3) is 0.727. The maximum absolute atomic E-state index is 11.1. The molecule has 0 heterocycles. The number of Topliss-reactive ketones (excluding diaryl/α,β-unsaturated/α-hetero) is 1. The molecule has 74 valence electrons. The first-order valence-electron chi connectivity index (χ1n) is 4.88. The lowest BCUT2D eigenvalue weighted by atomic mass is 9.84. The Morgan fingerprint density at radius 2 is 1.69 bits per heavy atom. The van der Waals surface area contributed by atoms with E-state index in [4.69, 9.17) is 0 Å². The quantitative estimate of drug-likeness (QED) is 0.526. The number of allylic oxidation sites excluding steroid dienone is 2. The Hall–Kier alpha value is -0.790. The van der Waals surface area contributed by atoms with E-state index in [0.29, 0.717) is 11.3 Å². The van der Waals surface area contributed by atoms with Crippen LogP contribution in [0.1, 0.15) is 46.5 Å². The van der Waals surface area contributed by atoms with Crippen molar-refractivity contribution in [2.75, 3.05) is 0 Å². The van der Waals surface area contributed by atoms with Crippen LogP contribution < -0.4 is 0 Å². The number of carbonyl (C=O) groups excluding carboxylic acids is 1. The third-order valence-corrected chi connectivity index (χ3v) is 3.16. The third kappa shape index (κ3) is 1.93. The molecular weight excluding hydrogens is 164 g/mol. The summed E-state index contributed by atoms with van der Waals surface area (Å²) in [6, 6.07) is 0. The van der Waals surface area contributed by atoms with Gasteiger partial charge in [-0.05, 0) is 26.7 Å². The van der Waals surface area contributed by atoms with Crippen molar-refractivity contribution in [1.82, 2.24) is 0 Å². The molecule has 1 fully saturated rings. The molecular formula is C11H18O2. The zero-order valence-electron chi connectivity index (χ0n) is 8.68. The number of carbonyl (C=O) groups is 1. The number of hydrogen-bond donors (Lipinski definition) is 1. The molecule has 0 unspecified atom stereocenters. The van der Waals surface area contributed by atoms with Crippen molar-refractivity contribution < 1.29 is 9.90 Å². The van der Waals surface area contributed by atoms with E-state index >= 15 is 0 Å². The minimum absolute atomic E-state index is 0.0226. The van der Waals surface area contributed by atoms with Gasteiger partial charge in [0.15, 0.2) is 5.78 Å². The highest BCUT2D eigenvalue weighted by Gasteiger charge is 2.34. The second kappa shape index (κ2) is 3.52. The summed E-state index contributed by atoms with van der Waals surface area (Å²) in [6.07, 6.45) is 4.32. The van der Waals surface area contributed by atoms with E-state index in [0.717, 1.165) is 25.7 Å². The maximum Gasteiger partial charge on any atom is 0.158 e.